The molecule has 2 aliphatic rings. The maximum atomic E-state index is 11.8. The zero-order valence-corrected chi connectivity index (χ0v) is 11.8. The van der Waals surface area contributed by atoms with Crippen LogP contribution in [0.5, 0.6) is 0 Å². The molecule has 0 saturated carbocycles. The standard InChI is InChI=1S/C14H26N2O3/c1-11(12-8-15-9-12)14(17)16-5-3-6-18-10-13-4-2-7-19-13/h11-13,15H,2-10H2,1H3,(H,16,17). The van der Waals surface area contributed by atoms with Crippen LogP contribution in [-0.2, 0) is 14.3 Å². The Balaban J connectivity index is 1.43. The van der Waals surface area contributed by atoms with E-state index in [0.29, 0.717) is 31.8 Å². The van der Waals surface area contributed by atoms with Gasteiger partial charge in [-0.25, -0.2) is 0 Å². The lowest BCUT2D eigenvalue weighted by Crippen LogP contribution is -2.49. The summed E-state index contributed by atoms with van der Waals surface area (Å²) in [4.78, 5) is 11.8. The topological polar surface area (TPSA) is 59.6 Å². The van der Waals surface area contributed by atoms with Crippen LogP contribution in [0.2, 0.25) is 0 Å². The molecule has 1 amide bonds. The van der Waals surface area contributed by atoms with Gasteiger partial charge in [0.05, 0.1) is 12.7 Å². The van der Waals surface area contributed by atoms with E-state index in [0.717, 1.165) is 39.0 Å². The number of hydrogen-bond donors (Lipinski definition) is 2. The molecule has 0 aliphatic carbocycles. The number of ether oxygens (including phenoxy) is 2. The van der Waals surface area contributed by atoms with Gasteiger partial charge in [0.15, 0.2) is 0 Å². The predicted octanol–water partition coefficient (Wildman–Crippen LogP) is 0.544. The first kappa shape index (κ1) is 14.8. The zero-order valence-electron chi connectivity index (χ0n) is 11.8. The van der Waals surface area contributed by atoms with Gasteiger partial charge in [-0.15, -0.1) is 0 Å². The molecule has 5 heteroatoms. The van der Waals surface area contributed by atoms with Crippen LogP contribution < -0.4 is 10.6 Å². The second kappa shape index (κ2) is 7.82. The molecule has 0 aromatic heterocycles. The molecule has 2 rings (SSSR count). The van der Waals surface area contributed by atoms with Crippen LogP contribution in [0.1, 0.15) is 26.2 Å². The largest absolute Gasteiger partial charge is 0.379 e. The molecule has 0 aromatic rings. The lowest BCUT2D eigenvalue weighted by Gasteiger charge is -2.31. The van der Waals surface area contributed by atoms with Crippen molar-refractivity contribution in [3.63, 3.8) is 0 Å². The Morgan fingerprint density at radius 3 is 3.00 bits per heavy atom. The summed E-state index contributed by atoms with van der Waals surface area (Å²) in [5.74, 6) is 0.801. The number of amides is 1. The van der Waals surface area contributed by atoms with Crippen molar-refractivity contribution in [2.45, 2.75) is 32.3 Å². The third-order valence-corrected chi connectivity index (χ3v) is 4.03. The van der Waals surface area contributed by atoms with Crippen LogP contribution in [0.15, 0.2) is 0 Å². The summed E-state index contributed by atoms with van der Waals surface area (Å²) in [5.41, 5.74) is 0. The lowest BCUT2D eigenvalue weighted by atomic mass is 9.88. The van der Waals surface area contributed by atoms with Crippen LogP contribution in [0, 0.1) is 11.8 Å². The van der Waals surface area contributed by atoms with Gasteiger partial charge in [-0.3, -0.25) is 4.79 Å². The molecule has 110 valence electrons. The smallest absolute Gasteiger partial charge is 0.223 e. The van der Waals surface area contributed by atoms with Crippen LogP contribution in [-0.4, -0.2) is 51.5 Å². The predicted molar refractivity (Wildman–Crippen MR) is 72.9 cm³/mol. The molecule has 2 unspecified atom stereocenters. The highest BCUT2D eigenvalue weighted by Crippen LogP contribution is 2.15. The Hall–Kier alpha value is -0.650. The van der Waals surface area contributed by atoms with Crippen LogP contribution >= 0.6 is 0 Å². The molecule has 2 heterocycles. The molecule has 2 atom stereocenters. The molecular formula is C14H26N2O3. The fourth-order valence-corrected chi connectivity index (χ4v) is 2.42. The van der Waals surface area contributed by atoms with Crippen molar-refractivity contribution in [1.29, 1.82) is 0 Å². The Morgan fingerprint density at radius 2 is 2.37 bits per heavy atom. The second-order valence-corrected chi connectivity index (χ2v) is 5.56. The molecule has 0 radical (unpaired) electrons. The maximum absolute atomic E-state index is 11.8. The summed E-state index contributed by atoms with van der Waals surface area (Å²) in [6.45, 7) is 6.91. The first-order valence-electron chi connectivity index (χ1n) is 7.45. The summed E-state index contributed by atoms with van der Waals surface area (Å²) in [5, 5.41) is 6.18. The fraction of sp³-hybridized carbons (Fsp3) is 0.929. The van der Waals surface area contributed by atoms with E-state index >= 15 is 0 Å². The molecule has 0 spiro atoms. The Kier molecular flexibility index (Phi) is 6.07. The first-order valence-corrected chi connectivity index (χ1v) is 7.45. The van der Waals surface area contributed by atoms with E-state index in [-0.39, 0.29) is 11.8 Å². The Morgan fingerprint density at radius 1 is 1.53 bits per heavy atom. The minimum absolute atomic E-state index is 0.119. The summed E-state index contributed by atoms with van der Waals surface area (Å²) in [6, 6.07) is 0. The fourth-order valence-electron chi connectivity index (χ4n) is 2.42. The third-order valence-electron chi connectivity index (χ3n) is 4.03. The molecule has 2 saturated heterocycles. The lowest BCUT2D eigenvalue weighted by molar-refractivity contribution is -0.126. The molecule has 2 aliphatic heterocycles. The van der Waals surface area contributed by atoms with Crippen molar-refractivity contribution >= 4 is 5.91 Å². The minimum atomic E-state index is 0.119. The average Bonchev–Trinajstić information content (AvgIpc) is 2.84. The zero-order chi connectivity index (χ0) is 13.5. The molecule has 0 bridgehead atoms. The third kappa shape index (κ3) is 4.75. The van der Waals surface area contributed by atoms with Crippen LogP contribution in [0.25, 0.3) is 0 Å². The van der Waals surface area contributed by atoms with Gasteiger partial charge in [-0.2, -0.15) is 0 Å². The van der Waals surface area contributed by atoms with Crippen molar-refractivity contribution in [2.75, 3.05) is 39.5 Å². The first-order chi connectivity index (χ1) is 9.27. The van der Waals surface area contributed by atoms with Crippen molar-refractivity contribution < 1.29 is 14.3 Å². The van der Waals surface area contributed by atoms with Gasteiger partial charge in [0, 0.05) is 25.7 Å². The SMILES string of the molecule is CC(C(=O)NCCCOCC1CCCO1)C1CNC1. The van der Waals surface area contributed by atoms with Gasteiger partial charge < -0.3 is 20.1 Å². The number of carbonyl (C=O) groups excluding carboxylic acids is 1. The highest BCUT2D eigenvalue weighted by molar-refractivity contribution is 5.78. The minimum Gasteiger partial charge on any atom is -0.379 e. The Bertz CT molecular complexity index is 276. The van der Waals surface area contributed by atoms with Gasteiger partial charge in [0.1, 0.15) is 0 Å². The average molecular weight is 270 g/mol. The van der Waals surface area contributed by atoms with Gasteiger partial charge in [-0.05, 0) is 38.3 Å². The summed E-state index contributed by atoms with van der Waals surface area (Å²) in [6.07, 6.45) is 3.43. The summed E-state index contributed by atoms with van der Waals surface area (Å²) >= 11 is 0. The molecule has 2 fully saturated rings. The van der Waals surface area contributed by atoms with E-state index in [1.54, 1.807) is 0 Å². The molecule has 5 nitrogen and oxygen atoms in total. The number of carbonyl (C=O) groups is 1. The summed E-state index contributed by atoms with van der Waals surface area (Å²) in [7, 11) is 0. The van der Waals surface area contributed by atoms with E-state index in [4.69, 9.17) is 9.47 Å². The van der Waals surface area contributed by atoms with E-state index in [1.807, 2.05) is 6.92 Å². The van der Waals surface area contributed by atoms with E-state index < -0.39 is 0 Å². The van der Waals surface area contributed by atoms with Gasteiger partial charge in [0.2, 0.25) is 5.91 Å². The highest BCUT2D eigenvalue weighted by Gasteiger charge is 2.28. The van der Waals surface area contributed by atoms with E-state index in [9.17, 15) is 4.79 Å². The van der Waals surface area contributed by atoms with Crippen LogP contribution in [0.4, 0.5) is 0 Å². The van der Waals surface area contributed by atoms with Crippen molar-refractivity contribution in [3.05, 3.63) is 0 Å². The number of hydrogen-bond acceptors (Lipinski definition) is 4. The van der Waals surface area contributed by atoms with Gasteiger partial charge in [0.25, 0.3) is 0 Å². The van der Waals surface area contributed by atoms with Gasteiger partial charge >= 0.3 is 0 Å². The Labute approximate surface area is 115 Å². The normalized spacial score (nSPS) is 25.0. The monoisotopic (exact) mass is 270 g/mol. The molecule has 2 N–H and O–H groups in total. The molecule has 19 heavy (non-hydrogen) atoms. The number of rotatable bonds is 8. The summed E-state index contributed by atoms with van der Waals surface area (Å²) < 4.78 is 11.0. The van der Waals surface area contributed by atoms with E-state index in [2.05, 4.69) is 10.6 Å². The second-order valence-electron chi connectivity index (χ2n) is 5.56. The van der Waals surface area contributed by atoms with Crippen LogP contribution in [0.3, 0.4) is 0 Å². The molecular weight excluding hydrogens is 244 g/mol. The van der Waals surface area contributed by atoms with Gasteiger partial charge in [-0.1, -0.05) is 6.92 Å². The van der Waals surface area contributed by atoms with E-state index in [1.165, 1.54) is 0 Å². The quantitative estimate of drug-likeness (QED) is 0.632. The maximum Gasteiger partial charge on any atom is 0.223 e. The highest BCUT2D eigenvalue weighted by atomic mass is 16.5. The van der Waals surface area contributed by atoms with Crippen molar-refractivity contribution in [2.24, 2.45) is 11.8 Å². The molecule has 0 aromatic carbocycles. The number of nitrogens with one attached hydrogen (secondary N) is 2. The van der Waals surface area contributed by atoms with Crippen molar-refractivity contribution in [1.82, 2.24) is 10.6 Å². The van der Waals surface area contributed by atoms with Crippen molar-refractivity contribution in [3.8, 4) is 0 Å².